The van der Waals surface area contributed by atoms with Crippen LogP contribution >= 0.6 is 0 Å². The number of hydrogen-bond acceptors (Lipinski definition) is 2. The van der Waals surface area contributed by atoms with Crippen LogP contribution in [0.3, 0.4) is 0 Å². The summed E-state index contributed by atoms with van der Waals surface area (Å²) in [5.41, 5.74) is 8.93. The highest BCUT2D eigenvalue weighted by Crippen LogP contribution is 2.25. The minimum absolute atomic E-state index is 0.200. The van der Waals surface area contributed by atoms with Crippen LogP contribution in [0.15, 0.2) is 24.3 Å². The molecule has 1 heterocycles. The molecular weight excluding hydrogens is 196 g/mol. The molecule has 2 rings (SSSR count). The van der Waals surface area contributed by atoms with Gasteiger partial charge < -0.3 is 11.1 Å². The van der Waals surface area contributed by atoms with Crippen LogP contribution in [-0.4, -0.2) is 13.1 Å². The summed E-state index contributed by atoms with van der Waals surface area (Å²) >= 11 is 0. The van der Waals surface area contributed by atoms with Gasteiger partial charge in [0.25, 0.3) is 0 Å². The zero-order chi connectivity index (χ0) is 11.4. The Bertz CT molecular complexity index is 329. The predicted octanol–water partition coefficient (Wildman–Crippen LogP) is 2.38. The summed E-state index contributed by atoms with van der Waals surface area (Å²) in [6.45, 7) is 4.46. The van der Waals surface area contributed by atoms with E-state index in [1.54, 1.807) is 0 Å². The summed E-state index contributed by atoms with van der Waals surface area (Å²) in [7, 11) is 0. The molecule has 0 aliphatic carbocycles. The lowest BCUT2D eigenvalue weighted by Gasteiger charge is -2.26. The average Bonchev–Trinajstić information content (AvgIpc) is 2.31. The summed E-state index contributed by atoms with van der Waals surface area (Å²) in [4.78, 5) is 0. The molecule has 0 aromatic heterocycles. The van der Waals surface area contributed by atoms with Crippen LogP contribution in [0.1, 0.15) is 36.4 Å². The van der Waals surface area contributed by atoms with Crippen LogP contribution in [-0.2, 0) is 0 Å². The third kappa shape index (κ3) is 2.83. The molecule has 1 aromatic carbocycles. The molecule has 1 saturated heterocycles. The highest BCUT2D eigenvalue weighted by Gasteiger charge is 2.18. The molecule has 2 heteroatoms. The Balaban J connectivity index is 1.96. The minimum atomic E-state index is 0.200. The highest BCUT2D eigenvalue weighted by molar-refractivity contribution is 5.28. The Hall–Kier alpha value is -0.860. The van der Waals surface area contributed by atoms with Crippen molar-refractivity contribution in [3.63, 3.8) is 0 Å². The van der Waals surface area contributed by atoms with Gasteiger partial charge in [-0.15, -0.1) is 0 Å². The Morgan fingerprint density at radius 1 is 1.44 bits per heavy atom. The monoisotopic (exact) mass is 218 g/mol. The fraction of sp³-hybridized carbons (Fsp3) is 0.571. The summed E-state index contributed by atoms with van der Waals surface area (Å²) in [5, 5.41) is 3.45. The zero-order valence-corrected chi connectivity index (χ0v) is 10.1. The molecule has 0 radical (unpaired) electrons. The number of piperidine rings is 1. The maximum absolute atomic E-state index is 6.30. The van der Waals surface area contributed by atoms with Gasteiger partial charge in [-0.05, 0) is 56.3 Å². The first-order valence-corrected chi connectivity index (χ1v) is 6.29. The Morgan fingerprint density at radius 2 is 2.25 bits per heavy atom. The normalized spacial score (nSPS) is 23.0. The van der Waals surface area contributed by atoms with Crippen molar-refractivity contribution in [3.05, 3.63) is 35.4 Å². The van der Waals surface area contributed by atoms with Crippen molar-refractivity contribution in [1.29, 1.82) is 0 Å². The van der Waals surface area contributed by atoms with Crippen LogP contribution in [0, 0.1) is 12.8 Å². The molecule has 2 atom stereocenters. The van der Waals surface area contributed by atoms with Gasteiger partial charge in [0, 0.05) is 6.04 Å². The third-order valence-electron chi connectivity index (χ3n) is 3.57. The number of rotatable bonds is 3. The van der Waals surface area contributed by atoms with Gasteiger partial charge in [-0.3, -0.25) is 0 Å². The van der Waals surface area contributed by atoms with Gasteiger partial charge in [0.15, 0.2) is 0 Å². The fourth-order valence-electron chi connectivity index (χ4n) is 2.61. The SMILES string of the molecule is Cc1ccccc1C(N)CC1CCCNC1. The van der Waals surface area contributed by atoms with E-state index < -0.39 is 0 Å². The van der Waals surface area contributed by atoms with E-state index in [-0.39, 0.29) is 6.04 Å². The largest absolute Gasteiger partial charge is 0.324 e. The molecule has 88 valence electrons. The van der Waals surface area contributed by atoms with Gasteiger partial charge in [0.1, 0.15) is 0 Å². The van der Waals surface area contributed by atoms with Crippen molar-refractivity contribution in [3.8, 4) is 0 Å². The molecule has 3 N–H and O–H groups in total. The molecule has 1 aliphatic rings. The molecule has 0 amide bonds. The standard InChI is InChI=1S/C14H22N2/c1-11-5-2-3-7-13(11)14(15)9-12-6-4-8-16-10-12/h2-3,5,7,12,14,16H,4,6,8-10,15H2,1H3. The first-order chi connectivity index (χ1) is 7.77. The van der Waals surface area contributed by atoms with Crippen LogP contribution in [0.5, 0.6) is 0 Å². The summed E-state index contributed by atoms with van der Waals surface area (Å²) in [6, 6.07) is 8.67. The van der Waals surface area contributed by atoms with Gasteiger partial charge >= 0.3 is 0 Å². The Kier molecular flexibility index (Phi) is 3.97. The van der Waals surface area contributed by atoms with E-state index >= 15 is 0 Å². The second-order valence-electron chi connectivity index (χ2n) is 4.91. The zero-order valence-electron chi connectivity index (χ0n) is 10.1. The van der Waals surface area contributed by atoms with E-state index in [2.05, 4.69) is 36.5 Å². The molecule has 0 saturated carbocycles. The average molecular weight is 218 g/mol. The highest BCUT2D eigenvalue weighted by atomic mass is 14.9. The maximum Gasteiger partial charge on any atom is 0.0300 e. The van der Waals surface area contributed by atoms with Crippen LogP contribution in [0.2, 0.25) is 0 Å². The number of hydrogen-bond donors (Lipinski definition) is 2. The second-order valence-corrected chi connectivity index (χ2v) is 4.91. The van der Waals surface area contributed by atoms with Crippen molar-refractivity contribution in [2.75, 3.05) is 13.1 Å². The fourth-order valence-corrected chi connectivity index (χ4v) is 2.61. The van der Waals surface area contributed by atoms with E-state index in [1.807, 2.05) is 0 Å². The molecule has 1 aromatic rings. The van der Waals surface area contributed by atoms with E-state index in [0.29, 0.717) is 0 Å². The summed E-state index contributed by atoms with van der Waals surface area (Å²) in [6.07, 6.45) is 3.73. The summed E-state index contributed by atoms with van der Waals surface area (Å²) < 4.78 is 0. The van der Waals surface area contributed by atoms with E-state index in [0.717, 1.165) is 18.9 Å². The smallest absolute Gasteiger partial charge is 0.0300 e. The maximum atomic E-state index is 6.30. The van der Waals surface area contributed by atoms with Gasteiger partial charge in [0.05, 0.1) is 0 Å². The first kappa shape index (κ1) is 11.6. The minimum Gasteiger partial charge on any atom is -0.324 e. The number of nitrogens with one attached hydrogen (secondary N) is 1. The first-order valence-electron chi connectivity index (χ1n) is 6.29. The predicted molar refractivity (Wildman–Crippen MR) is 68.3 cm³/mol. The number of aryl methyl sites for hydroxylation is 1. The van der Waals surface area contributed by atoms with Gasteiger partial charge in [-0.1, -0.05) is 24.3 Å². The Labute approximate surface area is 98.2 Å². The molecule has 16 heavy (non-hydrogen) atoms. The lowest BCUT2D eigenvalue weighted by Crippen LogP contribution is -2.31. The lowest BCUT2D eigenvalue weighted by atomic mass is 9.88. The summed E-state index contributed by atoms with van der Waals surface area (Å²) in [5.74, 6) is 0.753. The van der Waals surface area contributed by atoms with Gasteiger partial charge in [0.2, 0.25) is 0 Å². The van der Waals surface area contributed by atoms with Crippen molar-refractivity contribution in [2.24, 2.45) is 11.7 Å². The van der Waals surface area contributed by atoms with E-state index in [4.69, 9.17) is 5.73 Å². The second kappa shape index (κ2) is 5.46. The molecule has 1 aliphatic heterocycles. The van der Waals surface area contributed by atoms with E-state index in [1.165, 1.54) is 30.5 Å². The number of benzene rings is 1. The topological polar surface area (TPSA) is 38.0 Å². The third-order valence-corrected chi connectivity index (χ3v) is 3.57. The molecule has 0 spiro atoms. The molecule has 2 unspecified atom stereocenters. The van der Waals surface area contributed by atoms with Gasteiger partial charge in [-0.25, -0.2) is 0 Å². The van der Waals surface area contributed by atoms with Crippen molar-refractivity contribution >= 4 is 0 Å². The van der Waals surface area contributed by atoms with Crippen molar-refractivity contribution < 1.29 is 0 Å². The van der Waals surface area contributed by atoms with E-state index in [9.17, 15) is 0 Å². The van der Waals surface area contributed by atoms with Crippen molar-refractivity contribution in [2.45, 2.75) is 32.2 Å². The number of nitrogens with two attached hydrogens (primary N) is 1. The van der Waals surface area contributed by atoms with Crippen molar-refractivity contribution in [1.82, 2.24) is 5.32 Å². The lowest BCUT2D eigenvalue weighted by molar-refractivity contribution is 0.336. The van der Waals surface area contributed by atoms with Gasteiger partial charge in [-0.2, -0.15) is 0 Å². The van der Waals surface area contributed by atoms with Crippen LogP contribution in [0.4, 0.5) is 0 Å². The quantitative estimate of drug-likeness (QED) is 0.817. The van der Waals surface area contributed by atoms with Crippen LogP contribution < -0.4 is 11.1 Å². The van der Waals surface area contributed by atoms with Crippen LogP contribution in [0.25, 0.3) is 0 Å². The Morgan fingerprint density at radius 3 is 2.94 bits per heavy atom. The molecular formula is C14H22N2. The molecule has 2 nitrogen and oxygen atoms in total. The molecule has 0 bridgehead atoms. The molecule has 1 fully saturated rings.